The van der Waals surface area contributed by atoms with Gasteiger partial charge in [-0.15, -0.1) is 0 Å². The lowest BCUT2D eigenvalue weighted by atomic mass is 10.2. The molecule has 0 rings (SSSR count). The van der Waals surface area contributed by atoms with Crippen molar-refractivity contribution < 1.29 is 8.42 Å². The Balaban J connectivity index is 3.51. The van der Waals surface area contributed by atoms with Crippen LogP contribution in [0.5, 0.6) is 0 Å². The third-order valence-corrected chi connectivity index (χ3v) is 2.97. The number of hydrogen-bond acceptors (Lipinski definition) is 4. The van der Waals surface area contributed by atoms with E-state index in [-0.39, 0.29) is 11.8 Å². The molecule has 86 valence electrons. The normalized spacial score (nSPS) is 14.6. The number of nitrogens with two attached hydrogens (primary N) is 1. The smallest absolute Gasteiger partial charge is 0.148 e. The summed E-state index contributed by atoms with van der Waals surface area (Å²) in [7, 11) is -0.890. The Kier molecular flexibility index (Phi) is 6.31. The molecule has 0 aromatic heterocycles. The maximum Gasteiger partial charge on any atom is 0.148 e. The molecule has 0 radical (unpaired) electrons. The SMILES string of the molecule is CC(N)CCCN(C)CCS(C)(=O)=O. The number of hydrogen-bond donors (Lipinski definition) is 1. The summed E-state index contributed by atoms with van der Waals surface area (Å²) in [5.41, 5.74) is 5.61. The lowest BCUT2D eigenvalue weighted by Crippen LogP contribution is -2.27. The Bertz CT molecular complexity index is 237. The summed E-state index contributed by atoms with van der Waals surface area (Å²) >= 11 is 0. The Morgan fingerprint density at radius 3 is 2.36 bits per heavy atom. The lowest BCUT2D eigenvalue weighted by molar-refractivity contribution is 0.339. The quantitative estimate of drug-likeness (QED) is 0.663. The molecule has 0 aliphatic rings. The van der Waals surface area contributed by atoms with E-state index in [0.717, 1.165) is 19.4 Å². The van der Waals surface area contributed by atoms with Gasteiger partial charge in [0.05, 0.1) is 5.75 Å². The first-order chi connectivity index (χ1) is 6.31. The van der Waals surface area contributed by atoms with Gasteiger partial charge in [-0.05, 0) is 33.4 Å². The molecule has 2 N–H and O–H groups in total. The fourth-order valence-electron chi connectivity index (χ4n) is 1.12. The van der Waals surface area contributed by atoms with E-state index >= 15 is 0 Å². The molecule has 14 heavy (non-hydrogen) atoms. The minimum Gasteiger partial charge on any atom is -0.328 e. The topological polar surface area (TPSA) is 63.4 Å². The fraction of sp³-hybridized carbons (Fsp3) is 1.00. The molecular formula is C9H22N2O2S. The van der Waals surface area contributed by atoms with Crippen molar-refractivity contribution in [3.8, 4) is 0 Å². The maximum absolute atomic E-state index is 10.9. The molecule has 0 heterocycles. The molecule has 0 saturated heterocycles. The number of sulfone groups is 1. The van der Waals surface area contributed by atoms with Gasteiger partial charge in [0.1, 0.15) is 9.84 Å². The van der Waals surface area contributed by atoms with Crippen LogP contribution in [0.15, 0.2) is 0 Å². The lowest BCUT2D eigenvalue weighted by Gasteiger charge is -2.16. The zero-order valence-corrected chi connectivity index (χ0v) is 10.2. The minimum atomic E-state index is -2.83. The van der Waals surface area contributed by atoms with Crippen molar-refractivity contribution in [3.63, 3.8) is 0 Å². The van der Waals surface area contributed by atoms with Crippen molar-refractivity contribution in [1.29, 1.82) is 0 Å². The van der Waals surface area contributed by atoms with Crippen LogP contribution < -0.4 is 5.73 Å². The monoisotopic (exact) mass is 222 g/mol. The molecule has 0 fully saturated rings. The third-order valence-electron chi connectivity index (χ3n) is 2.04. The van der Waals surface area contributed by atoms with Crippen LogP contribution in [-0.2, 0) is 9.84 Å². The predicted molar refractivity (Wildman–Crippen MR) is 60.1 cm³/mol. The van der Waals surface area contributed by atoms with Crippen LogP contribution >= 0.6 is 0 Å². The van der Waals surface area contributed by atoms with Gasteiger partial charge in [0.25, 0.3) is 0 Å². The number of rotatable bonds is 7. The van der Waals surface area contributed by atoms with Crippen molar-refractivity contribution in [3.05, 3.63) is 0 Å². The number of nitrogens with zero attached hydrogens (tertiary/aromatic N) is 1. The molecule has 0 aromatic carbocycles. The first-order valence-corrected chi connectivity index (χ1v) is 6.99. The van der Waals surface area contributed by atoms with Gasteiger partial charge < -0.3 is 10.6 Å². The summed E-state index contributed by atoms with van der Waals surface area (Å²) in [5, 5.41) is 0. The molecule has 0 aliphatic carbocycles. The Hall–Kier alpha value is -0.130. The van der Waals surface area contributed by atoms with Gasteiger partial charge >= 0.3 is 0 Å². The third kappa shape index (κ3) is 9.95. The molecular weight excluding hydrogens is 200 g/mol. The summed E-state index contributed by atoms with van der Waals surface area (Å²) in [6.07, 6.45) is 3.28. The second kappa shape index (κ2) is 6.37. The molecule has 0 aromatic rings. The summed E-state index contributed by atoms with van der Waals surface area (Å²) in [4.78, 5) is 2.03. The molecule has 1 unspecified atom stereocenters. The highest BCUT2D eigenvalue weighted by molar-refractivity contribution is 7.90. The molecule has 1 atom stereocenters. The zero-order chi connectivity index (χ0) is 11.2. The van der Waals surface area contributed by atoms with Crippen LogP contribution in [0, 0.1) is 0 Å². The summed E-state index contributed by atoms with van der Waals surface area (Å²) in [6.45, 7) is 3.51. The van der Waals surface area contributed by atoms with E-state index in [4.69, 9.17) is 5.73 Å². The van der Waals surface area contributed by atoms with Gasteiger partial charge in [-0.3, -0.25) is 0 Å². The minimum absolute atomic E-state index is 0.235. The van der Waals surface area contributed by atoms with Gasteiger partial charge in [0.2, 0.25) is 0 Å². The van der Waals surface area contributed by atoms with Crippen molar-refractivity contribution in [1.82, 2.24) is 4.90 Å². The van der Waals surface area contributed by atoms with Gasteiger partial charge in [0.15, 0.2) is 0 Å². The first kappa shape index (κ1) is 13.9. The highest BCUT2D eigenvalue weighted by atomic mass is 32.2. The van der Waals surface area contributed by atoms with Gasteiger partial charge in [-0.2, -0.15) is 0 Å². The van der Waals surface area contributed by atoms with Gasteiger partial charge in [-0.1, -0.05) is 0 Å². The van der Waals surface area contributed by atoms with Crippen molar-refractivity contribution in [2.24, 2.45) is 5.73 Å². The Morgan fingerprint density at radius 2 is 1.93 bits per heavy atom. The average Bonchev–Trinajstić information content (AvgIpc) is 1.99. The van der Waals surface area contributed by atoms with Crippen LogP contribution in [-0.4, -0.2) is 51.5 Å². The molecule has 5 heteroatoms. The van der Waals surface area contributed by atoms with Crippen LogP contribution in [0.25, 0.3) is 0 Å². The van der Waals surface area contributed by atoms with E-state index in [2.05, 4.69) is 0 Å². The highest BCUT2D eigenvalue weighted by Crippen LogP contribution is 1.96. The van der Waals surface area contributed by atoms with Gasteiger partial charge in [-0.25, -0.2) is 8.42 Å². The van der Waals surface area contributed by atoms with E-state index < -0.39 is 9.84 Å². The second-order valence-corrected chi connectivity index (χ2v) is 6.31. The van der Waals surface area contributed by atoms with E-state index in [1.54, 1.807) is 0 Å². The van der Waals surface area contributed by atoms with Crippen molar-refractivity contribution >= 4 is 9.84 Å². The molecule has 0 amide bonds. The van der Waals surface area contributed by atoms with E-state index in [9.17, 15) is 8.42 Å². The van der Waals surface area contributed by atoms with E-state index in [1.165, 1.54) is 6.26 Å². The summed E-state index contributed by atoms with van der Waals surface area (Å²) < 4.78 is 21.7. The summed E-state index contributed by atoms with van der Waals surface area (Å²) in [6, 6.07) is 0.235. The van der Waals surface area contributed by atoms with E-state index in [1.807, 2.05) is 18.9 Å². The van der Waals surface area contributed by atoms with Crippen LogP contribution in [0.2, 0.25) is 0 Å². The first-order valence-electron chi connectivity index (χ1n) is 4.93. The molecule has 0 spiro atoms. The second-order valence-electron chi connectivity index (χ2n) is 4.05. The summed E-state index contributed by atoms with van der Waals surface area (Å²) in [5.74, 6) is 0.238. The predicted octanol–water partition coefficient (Wildman–Crippen LogP) is 0.0902. The van der Waals surface area contributed by atoms with Crippen LogP contribution in [0.1, 0.15) is 19.8 Å². The maximum atomic E-state index is 10.9. The highest BCUT2D eigenvalue weighted by Gasteiger charge is 2.05. The van der Waals surface area contributed by atoms with Crippen LogP contribution in [0.4, 0.5) is 0 Å². The Labute approximate surface area is 87.4 Å². The van der Waals surface area contributed by atoms with Gasteiger partial charge in [0, 0.05) is 18.8 Å². The molecule has 0 aliphatic heterocycles. The molecule has 0 saturated carbocycles. The fourth-order valence-corrected chi connectivity index (χ4v) is 1.76. The van der Waals surface area contributed by atoms with Crippen LogP contribution in [0.3, 0.4) is 0 Å². The van der Waals surface area contributed by atoms with Crippen molar-refractivity contribution in [2.45, 2.75) is 25.8 Å². The zero-order valence-electron chi connectivity index (χ0n) is 9.36. The average molecular weight is 222 g/mol. The van der Waals surface area contributed by atoms with Crippen molar-refractivity contribution in [2.75, 3.05) is 32.1 Å². The molecule has 0 bridgehead atoms. The largest absolute Gasteiger partial charge is 0.328 e. The Morgan fingerprint density at radius 1 is 1.36 bits per heavy atom. The molecule has 4 nitrogen and oxygen atoms in total. The van der Waals surface area contributed by atoms with E-state index in [0.29, 0.717) is 6.54 Å². The standard InChI is InChI=1S/C9H22N2O2S/c1-9(10)5-4-6-11(2)7-8-14(3,12)13/h9H,4-8,10H2,1-3H3.